The number of rotatable bonds is 2. The summed E-state index contributed by atoms with van der Waals surface area (Å²) in [5.74, 6) is -1.12. The van der Waals surface area contributed by atoms with Gasteiger partial charge in [0.1, 0.15) is 0 Å². The molecule has 19 heavy (non-hydrogen) atoms. The van der Waals surface area contributed by atoms with Gasteiger partial charge in [-0.3, -0.25) is 4.79 Å². The van der Waals surface area contributed by atoms with Crippen molar-refractivity contribution in [2.24, 2.45) is 5.92 Å². The lowest BCUT2D eigenvalue weighted by Gasteiger charge is -2.31. The Kier molecular flexibility index (Phi) is 4.47. The van der Waals surface area contributed by atoms with Crippen LogP contribution in [0.4, 0.5) is 5.69 Å². The van der Waals surface area contributed by atoms with E-state index in [2.05, 4.69) is 51.3 Å². The highest BCUT2D eigenvalue weighted by Crippen LogP contribution is 2.30. The lowest BCUT2D eigenvalue weighted by atomic mass is 10.1. The molecule has 0 saturated carbocycles. The van der Waals surface area contributed by atoms with Gasteiger partial charge in [-0.15, -0.1) is 0 Å². The molecule has 0 aromatic heterocycles. The average molecular weight is 327 g/mol. The number of hydrogen-bond acceptors (Lipinski definition) is 3. The van der Waals surface area contributed by atoms with Crippen molar-refractivity contribution in [1.82, 2.24) is 5.32 Å². The summed E-state index contributed by atoms with van der Waals surface area (Å²) >= 11 is 3.58. The quantitative estimate of drug-likeness (QED) is 0.875. The summed E-state index contributed by atoms with van der Waals surface area (Å²) in [4.78, 5) is 13.4. The van der Waals surface area contributed by atoms with Crippen molar-refractivity contribution in [1.29, 1.82) is 0 Å². The van der Waals surface area contributed by atoms with E-state index in [9.17, 15) is 9.90 Å². The highest BCUT2D eigenvalue weighted by atomic mass is 79.9. The number of benzene rings is 1. The van der Waals surface area contributed by atoms with Crippen LogP contribution in [0.2, 0.25) is 0 Å². The maximum Gasteiger partial charge on any atom is 0.309 e. The Morgan fingerprint density at radius 1 is 1.47 bits per heavy atom. The van der Waals surface area contributed by atoms with Gasteiger partial charge in [0.2, 0.25) is 0 Å². The van der Waals surface area contributed by atoms with Crippen molar-refractivity contribution >= 4 is 27.6 Å². The van der Waals surface area contributed by atoms with Crippen molar-refractivity contribution in [2.75, 3.05) is 24.5 Å². The van der Waals surface area contributed by atoms with Crippen molar-refractivity contribution in [3.63, 3.8) is 0 Å². The van der Waals surface area contributed by atoms with Gasteiger partial charge in [0.25, 0.3) is 0 Å². The van der Waals surface area contributed by atoms with E-state index in [1.165, 1.54) is 5.56 Å². The van der Waals surface area contributed by atoms with E-state index >= 15 is 0 Å². The van der Waals surface area contributed by atoms with Gasteiger partial charge in [0.05, 0.1) is 11.6 Å². The number of carboxylic acids is 1. The van der Waals surface area contributed by atoms with Crippen LogP contribution in [0.25, 0.3) is 0 Å². The maximum absolute atomic E-state index is 11.3. The van der Waals surface area contributed by atoms with Crippen molar-refractivity contribution < 1.29 is 9.90 Å². The van der Waals surface area contributed by atoms with E-state index in [0.717, 1.165) is 16.7 Å². The molecule has 2 rings (SSSR count). The largest absolute Gasteiger partial charge is 0.481 e. The van der Waals surface area contributed by atoms with E-state index in [4.69, 9.17) is 0 Å². The van der Waals surface area contributed by atoms with Crippen LogP contribution in [0.15, 0.2) is 22.7 Å². The molecule has 2 N–H and O–H groups in total. The number of aliphatic carboxylic acids is 1. The number of carbonyl (C=O) groups is 1. The van der Waals surface area contributed by atoms with Gasteiger partial charge in [0.15, 0.2) is 0 Å². The van der Waals surface area contributed by atoms with Gasteiger partial charge in [-0.2, -0.15) is 0 Å². The highest BCUT2D eigenvalue weighted by molar-refractivity contribution is 9.10. The predicted octanol–water partition coefficient (Wildman–Crippen LogP) is 2.26. The molecule has 0 aliphatic carbocycles. The van der Waals surface area contributed by atoms with Gasteiger partial charge in [0, 0.05) is 30.1 Å². The maximum atomic E-state index is 11.3. The first-order valence-corrected chi connectivity index (χ1v) is 7.24. The van der Waals surface area contributed by atoms with E-state index in [1.54, 1.807) is 0 Å². The van der Waals surface area contributed by atoms with Crippen LogP contribution in [0.1, 0.15) is 12.5 Å². The molecule has 2 atom stereocenters. The van der Waals surface area contributed by atoms with E-state index in [1.807, 2.05) is 6.92 Å². The molecule has 4 nitrogen and oxygen atoms in total. The fourth-order valence-corrected chi connectivity index (χ4v) is 3.13. The minimum Gasteiger partial charge on any atom is -0.481 e. The van der Waals surface area contributed by atoms with Crippen LogP contribution in [-0.2, 0) is 4.79 Å². The fourth-order valence-electron chi connectivity index (χ4n) is 2.40. The van der Waals surface area contributed by atoms with Crippen LogP contribution in [-0.4, -0.2) is 36.8 Å². The Labute approximate surface area is 121 Å². The second kappa shape index (κ2) is 5.92. The smallest absolute Gasteiger partial charge is 0.309 e. The van der Waals surface area contributed by atoms with E-state index in [0.29, 0.717) is 13.1 Å². The van der Waals surface area contributed by atoms with Crippen molar-refractivity contribution in [2.45, 2.75) is 19.9 Å². The Morgan fingerprint density at radius 2 is 2.21 bits per heavy atom. The second-order valence-electron chi connectivity index (χ2n) is 5.15. The molecule has 5 heteroatoms. The van der Waals surface area contributed by atoms with Gasteiger partial charge < -0.3 is 15.3 Å². The third-order valence-corrected chi connectivity index (χ3v) is 4.18. The minimum atomic E-state index is -0.741. The minimum absolute atomic E-state index is 0.267. The zero-order valence-corrected chi connectivity index (χ0v) is 12.8. The molecule has 1 saturated heterocycles. The zero-order chi connectivity index (χ0) is 14.0. The van der Waals surface area contributed by atoms with Crippen LogP contribution in [0.3, 0.4) is 0 Å². The van der Waals surface area contributed by atoms with Crippen molar-refractivity contribution in [3.8, 4) is 0 Å². The summed E-state index contributed by atoms with van der Waals surface area (Å²) in [6.45, 7) is 6.01. The molecule has 104 valence electrons. The number of hydrogen-bond donors (Lipinski definition) is 2. The predicted molar refractivity (Wildman–Crippen MR) is 79.7 cm³/mol. The molecule has 0 bridgehead atoms. The van der Waals surface area contributed by atoms with Crippen LogP contribution < -0.4 is 10.2 Å². The number of halogens is 1. The molecule has 1 heterocycles. The van der Waals surface area contributed by atoms with Crippen LogP contribution >= 0.6 is 15.9 Å². The number of aryl methyl sites for hydroxylation is 1. The topological polar surface area (TPSA) is 52.6 Å². The summed E-state index contributed by atoms with van der Waals surface area (Å²) in [5, 5.41) is 12.5. The molecule has 0 amide bonds. The van der Waals surface area contributed by atoms with Crippen LogP contribution in [0.5, 0.6) is 0 Å². The number of carboxylic acid groups (broad SMARTS) is 1. The van der Waals surface area contributed by atoms with Crippen LogP contribution in [0, 0.1) is 12.8 Å². The van der Waals surface area contributed by atoms with Gasteiger partial charge in [-0.05, 0) is 47.5 Å². The Morgan fingerprint density at radius 3 is 2.84 bits per heavy atom. The lowest BCUT2D eigenvalue weighted by molar-refractivity contribution is -0.141. The van der Waals surface area contributed by atoms with Crippen molar-refractivity contribution in [3.05, 3.63) is 28.2 Å². The third kappa shape index (κ3) is 3.28. The first kappa shape index (κ1) is 14.3. The van der Waals surface area contributed by atoms with E-state index < -0.39 is 5.97 Å². The SMILES string of the molecule is Cc1ccc(N2CC(C(=O)O)CNCC2C)c(Br)c1. The Balaban J connectivity index is 2.30. The fraction of sp³-hybridized carbons (Fsp3) is 0.500. The summed E-state index contributed by atoms with van der Waals surface area (Å²) in [6.07, 6.45) is 0. The standard InChI is InChI=1S/C14H19BrN2O2/c1-9-3-4-13(12(15)5-9)17-8-11(14(18)19)7-16-6-10(17)2/h3-5,10-11,16H,6-8H2,1-2H3,(H,18,19). The van der Waals surface area contributed by atoms with Gasteiger partial charge in [-0.25, -0.2) is 0 Å². The molecule has 1 fully saturated rings. The zero-order valence-electron chi connectivity index (χ0n) is 11.2. The molecule has 0 spiro atoms. The summed E-state index contributed by atoms with van der Waals surface area (Å²) in [7, 11) is 0. The highest BCUT2D eigenvalue weighted by Gasteiger charge is 2.28. The normalized spacial score (nSPS) is 24.1. The first-order valence-electron chi connectivity index (χ1n) is 6.45. The summed E-state index contributed by atoms with van der Waals surface area (Å²) in [5.41, 5.74) is 2.25. The molecule has 1 aliphatic rings. The lowest BCUT2D eigenvalue weighted by Crippen LogP contribution is -2.39. The number of anilines is 1. The molecular weight excluding hydrogens is 308 g/mol. The monoisotopic (exact) mass is 326 g/mol. The third-order valence-electron chi connectivity index (χ3n) is 3.54. The molecule has 1 aliphatic heterocycles. The number of nitrogens with one attached hydrogen (secondary N) is 1. The van der Waals surface area contributed by atoms with E-state index in [-0.39, 0.29) is 12.0 Å². The molecule has 1 aromatic carbocycles. The molecule has 0 radical (unpaired) electrons. The summed E-state index contributed by atoms with van der Waals surface area (Å²) < 4.78 is 1.02. The average Bonchev–Trinajstić information content (AvgIpc) is 2.52. The molecule has 1 aromatic rings. The van der Waals surface area contributed by atoms with Gasteiger partial charge >= 0.3 is 5.97 Å². The first-order chi connectivity index (χ1) is 8.99. The second-order valence-corrected chi connectivity index (χ2v) is 6.00. The van der Waals surface area contributed by atoms with Gasteiger partial charge in [-0.1, -0.05) is 6.07 Å². The Bertz CT molecular complexity index is 479. The Hall–Kier alpha value is -1.07. The number of nitrogens with zero attached hydrogens (tertiary/aromatic N) is 1. The molecule has 2 unspecified atom stereocenters. The summed E-state index contributed by atoms with van der Waals surface area (Å²) in [6, 6.07) is 6.44. The molecular formula is C14H19BrN2O2.